The van der Waals surface area contributed by atoms with Crippen molar-refractivity contribution in [3.05, 3.63) is 47.5 Å². The van der Waals surface area contributed by atoms with Gasteiger partial charge in [-0.3, -0.25) is 0 Å². The van der Waals surface area contributed by atoms with Crippen molar-refractivity contribution >= 4 is 10.8 Å². The Morgan fingerprint density at radius 3 is 2.50 bits per heavy atom. The van der Waals surface area contributed by atoms with Crippen LogP contribution >= 0.6 is 0 Å². The first-order chi connectivity index (χ1) is 8.90. The van der Waals surface area contributed by atoms with Crippen molar-refractivity contribution < 1.29 is 14.2 Å². The topological polar surface area (TPSA) is 27.7 Å². The molecular weight excluding hydrogens is 228 g/mol. The summed E-state index contributed by atoms with van der Waals surface area (Å²) < 4.78 is 16.4. The van der Waals surface area contributed by atoms with Crippen molar-refractivity contribution in [3.8, 4) is 0 Å². The zero-order valence-corrected chi connectivity index (χ0v) is 10.4. The summed E-state index contributed by atoms with van der Waals surface area (Å²) in [5, 5.41) is 2.38. The predicted octanol–water partition coefficient (Wildman–Crippen LogP) is 3.03. The second-order valence-electron chi connectivity index (χ2n) is 4.37. The number of hydrogen-bond acceptors (Lipinski definition) is 3. The Hall–Kier alpha value is -1.42. The van der Waals surface area contributed by atoms with E-state index in [4.69, 9.17) is 14.2 Å². The second kappa shape index (κ2) is 5.06. The van der Waals surface area contributed by atoms with E-state index in [1.807, 2.05) is 12.1 Å². The lowest BCUT2D eigenvalue weighted by Crippen LogP contribution is -2.00. The third kappa shape index (κ3) is 2.01. The molecule has 2 aromatic rings. The van der Waals surface area contributed by atoms with Crippen LogP contribution in [0.3, 0.4) is 0 Å². The van der Waals surface area contributed by atoms with Crippen molar-refractivity contribution in [2.45, 2.75) is 12.9 Å². The molecule has 18 heavy (non-hydrogen) atoms. The van der Waals surface area contributed by atoms with Crippen LogP contribution < -0.4 is 0 Å². The molecular formula is C15H16O3. The summed E-state index contributed by atoms with van der Waals surface area (Å²) in [6.07, 6.45) is -0.230. The summed E-state index contributed by atoms with van der Waals surface area (Å²) in [6.45, 7) is 1.95. The molecule has 0 saturated carbocycles. The number of benzene rings is 2. The van der Waals surface area contributed by atoms with E-state index >= 15 is 0 Å². The Bertz CT molecular complexity index is 544. The van der Waals surface area contributed by atoms with Crippen molar-refractivity contribution in [3.63, 3.8) is 0 Å². The van der Waals surface area contributed by atoms with Gasteiger partial charge < -0.3 is 14.2 Å². The molecule has 1 heterocycles. The molecule has 94 valence electrons. The van der Waals surface area contributed by atoms with Crippen molar-refractivity contribution in [1.82, 2.24) is 0 Å². The van der Waals surface area contributed by atoms with Gasteiger partial charge in [0.2, 0.25) is 0 Å². The molecule has 0 unspecified atom stereocenters. The first-order valence-corrected chi connectivity index (χ1v) is 6.13. The molecule has 1 fully saturated rings. The molecule has 3 rings (SSSR count). The first-order valence-electron chi connectivity index (χ1n) is 6.13. The fourth-order valence-electron chi connectivity index (χ4n) is 2.41. The van der Waals surface area contributed by atoms with Gasteiger partial charge in [0.25, 0.3) is 0 Å². The summed E-state index contributed by atoms with van der Waals surface area (Å²) in [7, 11) is 1.71. The maximum atomic E-state index is 5.59. The van der Waals surface area contributed by atoms with Crippen LogP contribution in [-0.4, -0.2) is 20.3 Å². The van der Waals surface area contributed by atoms with E-state index in [0.29, 0.717) is 19.8 Å². The van der Waals surface area contributed by atoms with Crippen LogP contribution in [-0.2, 0) is 20.8 Å². The molecule has 0 amide bonds. The zero-order valence-electron chi connectivity index (χ0n) is 10.4. The first kappa shape index (κ1) is 11.7. The highest BCUT2D eigenvalue weighted by atomic mass is 16.7. The van der Waals surface area contributed by atoms with Gasteiger partial charge in [0.1, 0.15) is 0 Å². The smallest absolute Gasteiger partial charge is 0.184 e. The van der Waals surface area contributed by atoms with Crippen molar-refractivity contribution in [2.24, 2.45) is 0 Å². The lowest BCUT2D eigenvalue weighted by molar-refractivity contribution is -0.0430. The molecule has 0 aliphatic carbocycles. The highest BCUT2D eigenvalue weighted by Gasteiger charge is 2.20. The Balaban J connectivity index is 2.13. The molecule has 1 aliphatic rings. The summed E-state index contributed by atoms with van der Waals surface area (Å²) in [5.41, 5.74) is 2.29. The molecule has 0 spiro atoms. The number of fused-ring (bicyclic) bond motifs is 1. The van der Waals surface area contributed by atoms with Crippen LogP contribution in [0.1, 0.15) is 17.4 Å². The van der Waals surface area contributed by atoms with Crippen LogP contribution in [0.15, 0.2) is 36.4 Å². The van der Waals surface area contributed by atoms with Crippen molar-refractivity contribution in [1.29, 1.82) is 0 Å². The second-order valence-corrected chi connectivity index (χ2v) is 4.37. The van der Waals surface area contributed by atoms with Gasteiger partial charge in [0.05, 0.1) is 19.8 Å². The van der Waals surface area contributed by atoms with E-state index in [1.54, 1.807) is 7.11 Å². The van der Waals surface area contributed by atoms with E-state index in [1.165, 1.54) is 16.3 Å². The van der Waals surface area contributed by atoms with Crippen LogP contribution in [0.4, 0.5) is 0 Å². The van der Waals surface area contributed by atoms with Crippen LogP contribution in [0.25, 0.3) is 10.8 Å². The number of ether oxygens (including phenoxy) is 3. The van der Waals surface area contributed by atoms with E-state index < -0.39 is 0 Å². The fourth-order valence-corrected chi connectivity index (χ4v) is 2.41. The quantitative estimate of drug-likeness (QED) is 0.830. The minimum atomic E-state index is -0.230. The minimum absolute atomic E-state index is 0.230. The van der Waals surface area contributed by atoms with E-state index in [2.05, 4.69) is 24.3 Å². The van der Waals surface area contributed by atoms with Crippen LogP contribution in [0, 0.1) is 0 Å². The maximum Gasteiger partial charge on any atom is 0.184 e. The minimum Gasteiger partial charge on any atom is -0.380 e. The lowest BCUT2D eigenvalue weighted by Gasteiger charge is -2.14. The number of hydrogen-bond donors (Lipinski definition) is 0. The van der Waals surface area contributed by atoms with E-state index in [0.717, 1.165) is 5.56 Å². The molecule has 0 bridgehead atoms. The van der Waals surface area contributed by atoms with Gasteiger partial charge in [0.15, 0.2) is 6.29 Å². The molecule has 0 radical (unpaired) electrons. The lowest BCUT2D eigenvalue weighted by atomic mass is 9.99. The molecule has 0 N–H and O–H groups in total. The molecule has 0 atom stereocenters. The largest absolute Gasteiger partial charge is 0.380 e. The fraction of sp³-hybridized carbons (Fsp3) is 0.333. The Kier molecular flexibility index (Phi) is 3.28. The van der Waals surface area contributed by atoms with E-state index in [9.17, 15) is 0 Å². The monoisotopic (exact) mass is 244 g/mol. The van der Waals surface area contributed by atoms with Gasteiger partial charge in [-0.1, -0.05) is 36.4 Å². The van der Waals surface area contributed by atoms with Gasteiger partial charge in [0, 0.05) is 12.7 Å². The average Bonchev–Trinajstić information content (AvgIpc) is 2.93. The Morgan fingerprint density at radius 1 is 1.06 bits per heavy atom. The highest BCUT2D eigenvalue weighted by Crippen LogP contribution is 2.31. The maximum absolute atomic E-state index is 5.59. The normalized spacial score (nSPS) is 16.5. The van der Waals surface area contributed by atoms with Gasteiger partial charge in [-0.15, -0.1) is 0 Å². The van der Waals surface area contributed by atoms with Gasteiger partial charge in [-0.2, -0.15) is 0 Å². The summed E-state index contributed by atoms with van der Waals surface area (Å²) in [5.74, 6) is 0. The zero-order chi connectivity index (χ0) is 12.4. The van der Waals surface area contributed by atoms with Gasteiger partial charge in [-0.25, -0.2) is 0 Å². The van der Waals surface area contributed by atoms with Crippen LogP contribution in [0.2, 0.25) is 0 Å². The standard InChI is InChI=1S/C15H16O3/c1-16-10-11-6-7-14(15-17-8-9-18-15)13-5-3-2-4-12(11)13/h2-7,15H,8-10H2,1H3. The number of rotatable bonds is 3. The predicted molar refractivity (Wildman–Crippen MR) is 69.3 cm³/mol. The summed E-state index contributed by atoms with van der Waals surface area (Å²) >= 11 is 0. The summed E-state index contributed by atoms with van der Waals surface area (Å²) in [6, 6.07) is 12.5. The molecule has 0 aromatic heterocycles. The van der Waals surface area contributed by atoms with Gasteiger partial charge in [-0.05, 0) is 16.3 Å². The SMILES string of the molecule is COCc1ccc(C2OCCO2)c2ccccc12. The van der Waals surface area contributed by atoms with Crippen LogP contribution in [0.5, 0.6) is 0 Å². The van der Waals surface area contributed by atoms with E-state index in [-0.39, 0.29) is 6.29 Å². The summed E-state index contributed by atoms with van der Waals surface area (Å²) in [4.78, 5) is 0. The third-order valence-electron chi connectivity index (χ3n) is 3.22. The Morgan fingerprint density at radius 2 is 1.78 bits per heavy atom. The molecule has 1 aliphatic heterocycles. The molecule has 2 aromatic carbocycles. The third-order valence-corrected chi connectivity index (χ3v) is 3.22. The molecule has 1 saturated heterocycles. The molecule has 3 heteroatoms. The molecule has 3 nitrogen and oxygen atoms in total. The highest BCUT2D eigenvalue weighted by molar-refractivity contribution is 5.88. The number of methoxy groups -OCH3 is 1. The average molecular weight is 244 g/mol. The van der Waals surface area contributed by atoms with Gasteiger partial charge >= 0.3 is 0 Å². The Labute approximate surface area is 106 Å². The van der Waals surface area contributed by atoms with Crippen molar-refractivity contribution in [2.75, 3.05) is 20.3 Å².